The van der Waals surface area contributed by atoms with Gasteiger partial charge in [-0.05, 0) is 0 Å². The van der Waals surface area contributed by atoms with E-state index in [-0.39, 0.29) is 0 Å². The van der Waals surface area contributed by atoms with Gasteiger partial charge in [0.1, 0.15) is 0 Å². The third-order valence-electron chi connectivity index (χ3n) is 0.796. The fourth-order valence-electron chi connectivity index (χ4n) is 0.385. The average molecular weight is 152 g/mol. The van der Waals surface area contributed by atoms with Crippen molar-refractivity contribution in [2.45, 2.75) is 0 Å². The van der Waals surface area contributed by atoms with Gasteiger partial charge in [-0.25, -0.2) is 0 Å². The van der Waals surface area contributed by atoms with Crippen LogP contribution in [0.4, 0.5) is 0 Å². The number of thiol groups is 1. The van der Waals surface area contributed by atoms with Gasteiger partial charge in [0.15, 0.2) is 0 Å². The van der Waals surface area contributed by atoms with Crippen LogP contribution >= 0.6 is 12.6 Å². The number of benzene rings is 1. The van der Waals surface area contributed by atoms with Crippen molar-refractivity contribution in [3.63, 3.8) is 0 Å². The quantitative estimate of drug-likeness (QED) is 0.464. The highest BCUT2D eigenvalue weighted by Gasteiger charge is 1.57. The molecule has 0 radical (unpaired) electrons. The van der Waals surface area contributed by atoms with Crippen LogP contribution in [0, 0.1) is 0 Å². The standard InChI is InChI=1S/C6H6.C3H6S/c1-2-4-6-5-3-1;1-2-3-4/h1-6H;2,4H,1,3H2. The molecule has 0 bridgehead atoms. The number of hydrogen-bond acceptors (Lipinski definition) is 1. The van der Waals surface area contributed by atoms with Crippen LogP contribution in [0.15, 0.2) is 49.1 Å². The van der Waals surface area contributed by atoms with Gasteiger partial charge in [0, 0.05) is 5.75 Å². The zero-order chi connectivity index (χ0) is 7.66. The molecule has 54 valence electrons. The molecule has 0 nitrogen and oxygen atoms in total. The van der Waals surface area contributed by atoms with E-state index < -0.39 is 0 Å². The summed E-state index contributed by atoms with van der Waals surface area (Å²) >= 11 is 3.80. The molecule has 0 aliphatic rings. The molecule has 0 heterocycles. The van der Waals surface area contributed by atoms with Gasteiger partial charge in [0.2, 0.25) is 0 Å². The Hall–Kier alpha value is -0.690. The van der Waals surface area contributed by atoms with Crippen LogP contribution in [-0.4, -0.2) is 5.75 Å². The highest BCUT2D eigenvalue weighted by molar-refractivity contribution is 7.80. The van der Waals surface area contributed by atoms with Crippen LogP contribution in [0.5, 0.6) is 0 Å². The lowest BCUT2D eigenvalue weighted by molar-refractivity contribution is 1.72. The summed E-state index contributed by atoms with van der Waals surface area (Å²) in [6, 6.07) is 12.0. The molecular weight excluding hydrogens is 140 g/mol. The molecule has 0 saturated heterocycles. The Labute approximate surface area is 68.0 Å². The van der Waals surface area contributed by atoms with Crippen molar-refractivity contribution >= 4 is 12.6 Å². The molecule has 10 heavy (non-hydrogen) atoms. The molecule has 0 spiro atoms. The van der Waals surface area contributed by atoms with Gasteiger partial charge in [-0.3, -0.25) is 0 Å². The molecule has 1 rings (SSSR count). The van der Waals surface area contributed by atoms with Crippen LogP contribution < -0.4 is 0 Å². The Balaban J connectivity index is 0.000000180. The van der Waals surface area contributed by atoms with Gasteiger partial charge in [0.25, 0.3) is 0 Å². The smallest absolute Gasteiger partial charge is 0.00799 e. The Morgan fingerprint density at radius 1 is 1.00 bits per heavy atom. The minimum Gasteiger partial charge on any atom is -0.175 e. The lowest BCUT2D eigenvalue weighted by atomic mass is 10.4. The second-order valence-electron chi connectivity index (χ2n) is 1.63. The maximum absolute atomic E-state index is 3.80. The topological polar surface area (TPSA) is 0 Å². The Morgan fingerprint density at radius 2 is 1.20 bits per heavy atom. The van der Waals surface area contributed by atoms with E-state index in [0.717, 1.165) is 5.75 Å². The number of hydrogen-bond donors (Lipinski definition) is 1. The third kappa shape index (κ3) is 7.31. The SMILES string of the molecule is C=CCS.c1ccccc1. The molecule has 1 heteroatoms. The third-order valence-corrected chi connectivity index (χ3v) is 1.05. The van der Waals surface area contributed by atoms with Crippen molar-refractivity contribution < 1.29 is 0 Å². The molecular formula is C9H12S. The summed E-state index contributed by atoms with van der Waals surface area (Å²) in [6.45, 7) is 3.40. The van der Waals surface area contributed by atoms with Gasteiger partial charge in [-0.15, -0.1) is 6.58 Å². The monoisotopic (exact) mass is 152 g/mol. The normalized spacial score (nSPS) is 7.30. The van der Waals surface area contributed by atoms with Crippen molar-refractivity contribution in [2.24, 2.45) is 0 Å². The van der Waals surface area contributed by atoms with Gasteiger partial charge in [0.05, 0.1) is 0 Å². The van der Waals surface area contributed by atoms with Crippen molar-refractivity contribution in [3.05, 3.63) is 49.1 Å². The molecule has 0 saturated carbocycles. The Morgan fingerprint density at radius 3 is 1.30 bits per heavy atom. The molecule has 0 fully saturated rings. The Bertz CT molecular complexity index is 119. The fraction of sp³-hybridized carbons (Fsp3) is 0.111. The van der Waals surface area contributed by atoms with Crippen LogP contribution in [0.3, 0.4) is 0 Å². The van der Waals surface area contributed by atoms with Crippen LogP contribution in [0.25, 0.3) is 0 Å². The van der Waals surface area contributed by atoms with E-state index in [2.05, 4.69) is 19.2 Å². The molecule has 0 amide bonds. The molecule has 0 aromatic heterocycles. The summed E-state index contributed by atoms with van der Waals surface area (Å²) in [7, 11) is 0. The summed E-state index contributed by atoms with van der Waals surface area (Å²) in [4.78, 5) is 0. The summed E-state index contributed by atoms with van der Waals surface area (Å²) in [5.74, 6) is 0.778. The van der Waals surface area contributed by atoms with Crippen LogP contribution in [0.2, 0.25) is 0 Å². The van der Waals surface area contributed by atoms with Gasteiger partial charge >= 0.3 is 0 Å². The zero-order valence-corrected chi connectivity index (χ0v) is 6.80. The second kappa shape index (κ2) is 8.31. The predicted octanol–water partition coefficient (Wildman–Crippen LogP) is 2.79. The second-order valence-corrected chi connectivity index (χ2v) is 1.99. The zero-order valence-electron chi connectivity index (χ0n) is 5.90. The van der Waals surface area contributed by atoms with Gasteiger partial charge in [-0.1, -0.05) is 42.5 Å². The highest BCUT2D eigenvalue weighted by Crippen LogP contribution is 1.79. The van der Waals surface area contributed by atoms with Crippen molar-refractivity contribution in [1.29, 1.82) is 0 Å². The van der Waals surface area contributed by atoms with Crippen molar-refractivity contribution in [2.75, 3.05) is 5.75 Å². The highest BCUT2D eigenvalue weighted by atomic mass is 32.1. The van der Waals surface area contributed by atoms with E-state index in [1.165, 1.54) is 0 Å². The van der Waals surface area contributed by atoms with E-state index in [1.807, 2.05) is 36.4 Å². The molecule has 0 atom stereocenters. The molecule has 1 aromatic carbocycles. The first kappa shape index (κ1) is 9.31. The Kier molecular flexibility index (Phi) is 7.74. The summed E-state index contributed by atoms with van der Waals surface area (Å²) in [5.41, 5.74) is 0. The molecule has 0 aliphatic heterocycles. The molecule has 0 aliphatic carbocycles. The van der Waals surface area contributed by atoms with Crippen molar-refractivity contribution in [1.82, 2.24) is 0 Å². The van der Waals surface area contributed by atoms with Crippen molar-refractivity contribution in [3.8, 4) is 0 Å². The number of rotatable bonds is 1. The predicted molar refractivity (Wildman–Crippen MR) is 50.5 cm³/mol. The van der Waals surface area contributed by atoms with E-state index in [1.54, 1.807) is 6.08 Å². The maximum atomic E-state index is 3.80. The van der Waals surface area contributed by atoms with Gasteiger partial charge < -0.3 is 0 Å². The van der Waals surface area contributed by atoms with E-state index in [4.69, 9.17) is 0 Å². The minimum absolute atomic E-state index is 0.778. The maximum Gasteiger partial charge on any atom is 0.00799 e. The van der Waals surface area contributed by atoms with E-state index in [0.29, 0.717) is 0 Å². The lowest BCUT2D eigenvalue weighted by Gasteiger charge is -1.69. The van der Waals surface area contributed by atoms with Crippen LogP contribution in [-0.2, 0) is 0 Å². The molecule has 0 unspecified atom stereocenters. The largest absolute Gasteiger partial charge is 0.175 e. The first-order valence-corrected chi connectivity index (χ1v) is 3.77. The fourth-order valence-corrected chi connectivity index (χ4v) is 0.385. The lowest BCUT2D eigenvalue weighted by Crippen LogP contribution is -1.47. The van der Waals surface area contributed by atoms with E-state index in [9.17, 15) is 0 Å². The summed E-state index contributed by atoms with van der Waals surface area (Å²) < 4.78 is 0. The summed E-state index contributed by atoms with van der Waals surface area (Å²) in [6.07, 6.45) is 1.74. The van der Waals surface area contributed by atoms with Crippen LogP contribution in [0.1, 0.15) is 0 Å². The first-order valence-electron chi connectivity index (χ1n) is 3.13. The minimum atomic E-state index is 0.778. The van der Waals surface area contributed by atoms with E-state index >= 15 is 0 Å². The first-order chi connectivity index (χ1) is 4.91. The molecule has 0 N–H and O–H groups in total. The average Bonchev–Trinajstić information content (AvgIpc) is 2.08. The summed E-state index contributed by atoms with van der Waals surface area (Å²) in [5, 5.41) is 0. The molecule has 1 aromatic rings. The van der Waals surface area contributed by atoms with Gasteiger partial charge in [-0.2, -0.15) is 12.6 Å².